The highest BCUT2D eigenvalue weighted by atomic mass is 16.3. The fourth-order valence-electron chi connectivity index (χ4n) is 7.28. The van der Waals surface area contributed by atoms with Gasteiger partial charge < -0.3 is 10.2 Å². The van der Waals surface area contributed by atoms with Crippen LogP contribution in [0.1, 0.15) is 58.8 Å². The maximum absolute atomic E-state index is 7.57. The van der Waals surface area contributed by atoms with E-state index in [1.54, 1.807) is 58.8 Å². The van der Waals surface area contributed by atoms with Gasteiger partial charge in [0.25, 0.3) is 0 Å². The molecule has 0 saturated heterocycles. The summed E-state index contributed by atoms with van der Waals surface area (Å²) in [6, 6.07) is 0. The summed E-state index contributed by atoms with van der Waals surface area (Å²) in [5, 5.41) is 15.1. The molecule has 5 fully saturated rings. The van der Waals surface area contributed by atoms with Gasteiger partial charge in [-0.05, 0) is 99.7 Å². The van der Waals surface area contributed by atoms with Crippen molar-refractivity contribution in [2.45, 2.75) is 58.8 Å². The number of rotatable bonds is 0. The van der Waals surface area contributed by atoms with Crippen molar-refractivity contribution in [1.82, 2.24) is 0 Å². The molecule has 0 heterocycles. The van der Waals surface area contributed by atoms with Gasteiger partial charge in [-0.1, -0.05) is 6.42 Å². The molecule has 5 saturated carbocycles. The molecule has 2 N–H and O–H groups in total. The number of hydrogen-bond donors (Lipinski definition) is 2. The minimum atomic E-state index is 0.250. The molecule has 122 valence electrons. The van der Waals surface area contributed by atoms with Gasteiger partial charge in [-0.2, -0.15) is 0 Å². The van der Waals surface area contributed by atoms with E-state index in [9.17, 15) is 0 Å². The Bertz CT molecular complexity index is 312. The molecule has 0 amide bonds. The van der Waals surface area contributed by atoms with Crippen LogP contribution in [0.25, 0.3) is 0 Å². The lowest BCUT2D eigenvalue weighted by molar-refractivity contribution is 0.0716. The summed E-state index contributed by atoms with van der Waals surface area (Å²) in [5.74, 6) is 9.78. The zero-order chi connectivity index (χ0) is 15.0. The zero-order valence-electron chi connectivity index (χ0n) is 13.9. The van der Waals surface area contributed by atoms with Gasteiger partial charge in [0, 0.05) is 13.2 Å². The van der Waals surface area contributed by atoms with Crippen molar-refractivity contribution in [3.05, 3.63) is 0 Å². The van der Waals surface area contributed by atoms with Gasteiger partial charge in [-0.15, -0.1) is 0 Å². The molecule has 5 rings (SSSR count). The Labute approximate surface area is 130 Å². The van der Waals surface area contributed by atoms with E-state index in [2.05, 4.69) is 0 Å². The highest BCUT2D eigenvalue weighted by molar-refractivity contribution is 5.14. The van der Waals surface area contributed by atoms with Crippen LogP contribution in [0.15, 0.2) is 0 Å². The largest absolute Gasteiger partial charge is 0.397 e. The van der Waals surface area contributed by atoms with Crippen molar-refractivity contribution in [1.29, 1.82) is 0 Å². The summed E-state index contributed by atoms with van der Waals surface area (Å²) in [5.41, 5.74) is 0. The highest BCUT2D eigenvalue weighted by Crippen LogP contribution is 2.72. The average Bonchev–Trinajstić information content (AvgIpc) is 3.24. The summed E-state index contributed by atoms with van der Waals surface area (Å²) in [4.78, 5) is 0. The van der Waals surface area contributed by atoms with Crippen molar-refractivity contribution in [2.75, 3.05) is 13.2 Å². The summed E-state index contributed by atoms with van der Waals surface area (Å²) in [7, 11) is 0. The summed E-state index contributed by atoms with van der Waals surface area (Å²) < 4.78 is 0. The lowest BCUT2D eigenvalue weighted by Gasteiger charge is -2.40. The first kappa shape index (κ1) is 15.8. The predicted molar refractivity (Wildman–Crippen MR) is 85.8 cm³/mol. The highest BCUT2D eigenvalue weighted by Gasteiger charge is 2.65. The van der Waals surface area contributed by atoms with E-state index in [-0.39, 0.29) is 13.2 Å². The maximum Gasteiger partial charge on any atom is 0.0402 e. The molecule has 4 bridgehead atoms. The fourth-order valence-corrected chi connectivity index (χ4v) is 7.28. The molecule has 0 aliphatic heterocycles. The van der Waals surface area contributed by atoms with Crippen molar-refractivity contribution in [2.24, 2.45) is 47.3 Å². The number of fused-ring (bicyclic) bond motifs is 12. The average molecular weight is 294 g/mol. The topological polar surface area (TPSA) is 40.5 Å². The third-order valence-electron chi connectivity index (χ3n) is 7.30. The van der Waals surface area contributed by atoms with E-state index in [1.165, 1.54) is 47.3 Å². The monoisotopic (exact) mass is 294 g/mol. The first-order chi connectivity index (χ1) is 10.3. The standard InChI is InChI=1S/C15H22.2C2H6O/c1-2-10-11(3-1)13-7-12(10)14-8-4-5-9(6-8)15(13)14;2*1-2-3/h8-15H,1-7H2;2*3H,2H2,1H3. The van der Waals surface area contributed by atoms with E-state index in [4.69, 9.17) is 10.2 Å². The molecule has 0 radical (unpaired) electrons. The number of aliphatic hydroxyl groups is 2. The van der Waals surface area contributed by atoms with Gasteiger partial charge in [-0.3, -0.25) is 0 Å². The van der Waals surface area contributed by atoms with E-state index < -0.39 is 0 Å². The number of hydrogen-bond acceptors (Lipinski definition) is 2. The van der Waals surface area contributed by atoms with Crippen LogP contribution in [0.3, 0.4) is 0 Å². The lowest BCUT2D eigenvalue weighted by atomic mass is 9.64. The van der Waals surface area contributed by atoms with Gasteiger partial charge in [0.05, 0.1) is 0 Å². The Morgan fingerprint density at radius 1 is 0.667 bits per heavy atom. The molecule has 8 unspecified atom stereocenters. The molecule has 2 nitrogen and oxygen atoms in total. The summed E-state index contributed by atoms with van der Waals surface area (Å²) >= 11 is 0. The van der Waals surface area contributed by atoms with Gasteiger partial charge in [-0.25, -0.2) is 0 Å². The number of aliphatic hydroxyl groups excluding tert-OH is 2. The molecule has 5 aliphatic rings. The molecule has 8 atom stereocenters. The van der Waals surface area contributed by atoms with E-state index >= 15 is 0 Å². The van der Waals surface area contributed by atoms with E-state index in [0.29, 0.717) is 0 Å². The first-order valence-electron chi connectivity index (χ1n) is 9.48. The van der Waals surface area contributed by atoms with Crippen molar-refractivity contribution in [3.8, 4) is 0 Å². The molecular weight excluding hydrogens is 260 g/mol. The van der Waals surface area contributed by atoms with E-state index in [1.807, 2.05) is 0 Å². The van der Waals surface area contributed by atoms with Gasteiger partial charge in [0.2, 0.25) is 0 Å². The molecule has 0 spiro atoms. The zero-order valence-corrected chi connectivity index (χ0v) is 13.9. The Hall–Kier alpha value is -0.0800. The smallest absolute Gasteiger partial charge is 0.0402 e. The van der Waals surface area contributed by atoms with Crippen LogP contribution in [0.5, 0.6) is 0 Å². The Balaban J connectivity index is 0.000000195. The molecule has 5 aliphatic carbocycles. The Morgan fingerprint density at radius 3 is 1.52 bits per heavy atom. The second kappa shape index (κ2) is 6.58. The second-order valence-corrected chi connectivity index (χ2v) is 7.94. The third kappa shape index (κ3) is 2.47. The van der Waals surface area contributed by atoms with Crippen molar-refractivity contribution >= 4 is 0 Å². The Morgan fingerprint density at radius 2 is 1.10 bits per heavy atom. The van der Waals surface area contributed by atoms with Gasteiger partial charge in [0.15, 0.2) is 0 Å². The third-order valence-corrected chi connectivity index (χ3v) is 7.30. The van der Waals surface area contributed by atoms with Crippen molar-refractivity contribution in [3.63, 3.8) is 0 Å². The van der Waals surface area contributed by atoms with Crippen LogP contribution in [0, 0.1) is 47.3 Å². The van der Waals surface area contributed by atoms with Gasteiger partial charge in [0.1, 0.15) is 0 Å². The van der Waals surface area contributed by atoms with Crippen LogP contribution in [0.2, 0.25) is 0 Å². The van der Waals surface area contributed by atoms with Crippen LogP contribution in [0.4, 0.5) is 0 Å². The van der Waals surface area contributed by atoms with Crippen LogP contribution in [-0.2, 0) is 0 Å². The Kier molecular flexibility index (Phi) is 4.95. The first-order valence-corrected chi connectivity index (χ1v) is 9.48. The lowest BCUT2D eigenvalue weighted by Crippen LogP contribution is -2.35. The van der Waals surface area contributed by atoms with Crippen LogP contribution >= 0.6 is 0 Å². The van der Waals surface area contributed by atoms with Crippen molar-refractivity contribution < 1.29 is 10.2 Å². The molecule has 0 aromatic carbocycles. The quantitative estimate of drug-likeness (QED) is 0.669. The van der Waals surface area contributed by atoms with Crippen LogP contribution in [-0.4, -0.2) is 23.4 Å². The van der Waals surface area contributed by atoms with Gasteiger partial charge >= 0.3 is 0 Å². The van der Waals surface area contributed by atoms with Crippen LogP contribution < -0.4 is 0 Å². The summed E-state index contributed by atoms with van der Waals surface area (Å²) in [6.07, 6.45) is 11.4. The summed E-state index contributed by atoms with van der Waals surface area (Å²) in [6.45, 7) is 3.86. The maximum atomic E-state index is 7.57. The molecular formula is C19H34O2. The predicted octanol–water partition coefficient (Wildman–Crippen LogP) is 3.71. The SMILES string of the molecule is C1CC2C(C1)C1CC2C2C3CCC(C3)C12.CCO.CCO. The normalized spacial score (nSPS) is 50.9. The molecule has 0 aromatic rings. The molecule has 0 aromatic heterocycles. The fraction of sp³-hybridized carbons (Fsp3) is 1.00. The minimum absolute atomic E-state index is 0.250. The minimum Gasteiger partial charge on any atom is -0.397 e. The molecule has 21 heavy (non-hydrogen) atoms. The van der Waals surface area contributed by atoms with E-state index in [0.717, 1.165) is 0 Å². The second-order valence-electron chi connectivity index (χ2n) is 7.94. The molecule has 2 heteroatoms.